The van der Waals surface area contributed by atoms with Crippen molar-refractivity contribution in [2.45, 2.75) is 26.8 Å². The van der Waals surface area contributed by atoms with E-state index < -0.39 is 0 Å². The molecule has 2 N–H and O–H groups in total. The maximum Gasteiger partial charge on any atom is 0.262 e. The Kier molecular flexibility index (Phi) is 7.14. The molecule has 1 amide bonds. The summed E-state index contributed by atoms with van der Waals surface area (Å²) in [6, 6.07) is 21.6. The molecule has 0 unspecified atom stereocenters. The summed E-state index contributed by atoms with van der Waals surface area (Å²) >= 11 is 6.08. The van der Waals surface area contributed by atoms with Crippen LogP contribution in [0.1, 0.15) is 23.6 Å². The van der Waals surface area contributed by atoms with Gasteiger partial charge in [0, 0.05) is 22.9 Å². The number of carbonyl (C=O) groups is 1. The molecule has 0 saturated carbocycles. The molecule has 0 bridgehead atoms. The number of halogens is 1. The molecule has 0 aromatic heterocycles. The first kappa shape index (κ1) is 20.7. The van der Waals surface area contributed by atoms with Crippen LogP contribution in [0.4, 0.5) is 11.4 Å². The van der Waals surface area contributed by atoms with Crippen LogP contribution in [0.25, 0.3) is 0 Å². The topological polar surface area (TPSA) is 50.4 Å². The highest BCUT2D eigenvalue weighted by Crippen LogP contribution is 2.20. The molecule has 3 aromatic carbocycles. The van der Waals surface area contributed by atoms with Crippen molar-refractivity contribution in [2.75, 3.05) is 17.2 Å². The van der Waals surface area contributed by atoms with E-state index >= 15 is 0 Å². The van der Waals surface area contributed by atoms with Gasteiger partial charge in [0.2, 0.25) is 0 Å². The van der Waals surface area contributed by atoms with E-state index in [0.29, 0.717) is 16.5 Å². The van der Waals surface area contributed by atoms with Crippen LogP contribution in [0, 0.1) is 6.92 Å². The van der Waals surface area contributed by atoms with Crippen molar-refractivity contribution in [3.8, 4) is 5.75 Å². The summed E-state index contributed by atoms with van der Waals surface area (Å²) in [7, 11) is 0. The number of hydrogen-bond acceptors (Lipinski definition) is 3. The monoisotopic (exact) mass is 408 g/mol. The van der Waals surface area contributed by atoms with Crippen LogP contribution in [0.3, 0.4) is 0 Å². The first-order chi connectivity index (χ1) is 14.0. The van der Waals surface area contributed by atoms with Crippen molar-refractivity contribution in [1.82, 2.24) is 0 Å². The summed E-state index contributed by atoms with van der Waals surface area (Å²) in [6.45, 7) is 4.72. The largest absolute Gasteiger partial charge is 0.484 e. The van der Waals surface area contributed by atoms with Crippen LogP contribution < -0.4 is 15.4 Å². The van der Waals surface area contributed by atoms with E-state index in [1.807, 2.05) is 43.3 Å². The van der Waals surface area contributed by atoms with Crippen LogP contribution in [0.2, 0.25) is 5.02 Å². The van der Waals surface area contributed by atoms with Crippen molar-refractivity contribution in [3.05, 3.63) is 88.4 Å². The Hall–Kier alpha value is -2.98. The van der Waals surface area contributed by atoms with E-state index in [-0.39, 0.29) is 12.5 Å². The highest BCUT2D eigenvalue weighted by molar-refractivity contribution is 6.31. The van der Waals surface area contributed by atoms with Crippen LogP contribution in [0.5, 0.6) is 5.75 Å². The Balaban J connectivity index is 1.45. The lowest BCUT2D eigenvalue weighted by molar-refractivity contribution is -0.118. The highest BCUT2D eigenvalue weighted by atomic mass is 35.5. The van der Waals surface area contributed by atoms with Gasteiger partial charge < -0.3 is 15.4 Å². The second-order valence-electron chi connectivity index (χ2n) is 6.85. The number of amides is 1. The van der Waals surface area contributed by atoms with Gasteiger partial charge in [0.05, 0.1) is 0 Å². The average Bonchev–Trinajstić information content (AvgIpc) is 2.74. The molecule has 29 heavy (non-hydrogen) atoms. The predicted octanol–water partition coefficient (Wildman–Crippen LogP) is 5.84. The van der Waals surface area contributed by atoms with E-state index in [2.05, 4.69) is 41.8 Å². The number of benzene rings is 3. The molecular formula is C24H25ClN2O2. The minimum atomic E-state index is -0.230. The molecule has 0 heterocycles. The van der Waals surface area contributed by atoms with Crippen molar-refractivity contribution in [3.63, 3.8) is 0 Å². The zero-order valence-electron chi connectivity index (χ0n) is 16.7. The van der Waals surface area contributed by atoms with Crippen molar-refractivity contribution in [1.29, 1.82) is 0 Å². The van der Waals surface area contributed by atoms with Crippen LogP contribution in [0.15, 0.2) is 66.7 Å². The number of anilines is 2. The quantitative estimate of drug-likeness (QED) is 0.492. The highest BCUT2D eigenvalue weighted by Gasteiger charge is 2.05. The van der Waals surface area contributed by atoms with E-state index in [1.54, 1.807) is 6.07 Å². The van der Waals surface area contributed by atoms with Gasteiger partial charge in [-0.2, -0.15) is 0 Å². The normalized spacial score (nSPS) is 10.4. The third-order valence-corrected chi connectivity index (χ3v) is 5.01. The average molecular weight is 409 g/mol. The third-order valence-electron chi connectivity index (χ3n) is 4.61. The first-order valence-electron chi connectivity index (χ1n) is 9.64. The molecule has 0 atom stereocenters. The molecular weight excluding hydrogens is 384 g/mol. The molecule has 3 aromatic rings. The number of ether oxygens (including phenoxy) is 1. The van der Waals surface area contributed by atoms with Gasteiger partial charge in [-0.1, -0.05) is 48.9 Å². The zero-order valence-corrected chi connectivity index (χ0v) is 17.4. The van der Waals surface area contributed by atoms with Gasteiger partial charge in [-0.05, 0) is 66.4 Å². The predicted molar refractivity (Wildman–Crippen MR) is 120 cm³/mol. The molecule has 0 aliphatic rings. The van der Waals surface area contributed by atoms with E-state index in [1.165, 1.54) is 5.56 Å². The maximum atomic E-state index is 12.1. The van der Waals surface area contributed by atoms with Gasteiger partial charge in [0.15, 0.2) is 6.61 Å². The number of carbonyl (C=O) groups excluding carboxylic acids is 1. The molecule has 150 valence electrons. The fourth-order valence-electron chi connectivity index (χ4n) is 2.78. The molecule has 5 heteroatoms. The van der Waals surface area contributed by atoms with E-state index in [4.69, 9.17) is 16.3 Å². The molecule has 4 nitrogen and oxygen atoms in total. The minimum Gasteiger partial charge on any atom is -0.484 e. The number of rotatable bonds is 8. The fraction of sp³-hybridized carbons (Fsp3) is 0.208. The second kappa shape index (κ2) is 9.99. The molecule has 0 radical (unpaired) electrons. The lowest BCUT2D eigenvalue weighted by atomic mass is 10.1. The van der Waals surface area contributed by atoms with Crippen molar-refractivity contribution >= 4 is 28.9 Å². The summed E-state index contributed by atoms with van der Waals surface area (Å²) in [6.07, 6.45) is 1.04. The maximum absolute atomic E-state index is 12.1. The lowest BCUT2D eigenvalue weighted by Crippen LogP contribution is -2.20. The van der Waals surface area contributed by atoms with Gasteiger partial charge in [0.25, 0.3) is 5.91 Å². The summed E-state index contributed by atoms with van der Waals surface area (Å²) < 4.78 is 5.57. The Morgan fingerprint density at radius 3 is 2.24 bits per heavy atom. The summed E-state index contributed by atoms with van der Waals surface area (Å²) in [5, 5.41) is 6.80. The Morgan fingerprint density at radius 1 is 0.931 bits per heavy atom. The fourth-order valence-corrected chi connectivity index (χ4v) is 2.96. The van der Waals surface area contributed by atoms with Crippen LogP contribution in [-0.2, 0) is 17.8 Å². The molecule has 3 rings (SSSR count). The number of nitrogens with one attached hydrogen (secondary N) is 2. The molecule has 0 saturated heterocycles. The van der Waals surface area contributed by atoms with Crippen molar-refractivity contribution in [2.24, 2.45) is 0 Å². The van der Waals surface area contributed by atoms with Crippen molar-refractivity contribution < 1.29 is 9.53 Å². The summed E-state index contributed by atoms with van der Waals surface area (Å²) in [5.41, 5.74) is 5.17. The molecule has 0 spiro atoms. The molecule has 0 fully saturated rings. The standard InChI is InChI=1S/C24H25ClN2O2/c1-3-18-5-10-20(11-6-18)26-15-19-7-12-22(13-8-19)29-16-24(28)27-21-9-4-17(2)23(25)14-21/h4-14,26H,3,15-16H2,1-2H3,(H,27,28). The number of aryl methyl sites for hydroxylation is 2. The lowest BCUT2D eigenvalue weighted by Gasteiger charge is -2.10. The van der Waals surface area contributed by atoms with Crippen LogP contribution >= 0.6 is 11.6 Å². The molecule has 0 aliphatic carbocycles. The van der Waals surface area contributed by atoms with Gasteiger partial charge in [-0.25, -0.2) is 0 Å². The summed E-state index contributed by atoms with van der Waals surface area (Å²) in [4.78, 5) is 12.1. The van der Waals surface area contributed by atoms with Gasteiger partial charge in [0.1, 0.15) is 5.75 Å². The Bertz CT molecular complexity index is 954. The summed E-state index contributed by atoms with van der Waals surface area (Å²) in [5.74, 6) is 0.421. The SMILES string of the molecule is CCc1ccc(NCc2ccc(OCC(=O)Nc3ccc(C)c(Cl)c3)cc2)cc1. The third kappa shape index (κ3) is 6.26. The second-order valence-corrected chi connectivity index (χ2v) is 7.26. The smallest absolute Gasteiger partial charge is 0.262 e. The van der Waals surface area contributed by atoms with Gasteiger partial charge >= 0.3 is 0 Å². The Morgan fingerprint density at radius 2 is 1.59 bits per heavy atom. The molecule has 0 aliphatic heterocycles. The van der Waals surface area contributed by atoms with Gasteiger partial charge in [-0.3, -0.25) is 4.79 Å². The van der Waals surface area contributed by atoms with Crippen LogP contribution in [-0.4, -0.2) is 12.5 Å². The van der Waals surface area contributed by atoms with E-state index in [9.17, 15) is 4.79 Å². The minimum absolute atomic E-state index is 0.0626. The number of hydrogen-bond donors (Lipinski definition) is 2. The Labute approximate surface area is 176 Å². The zero-order chi connectivity index (χ0) is 20.6. The van der Waals surface area contributed by atoms with E-state index in [0.717, 1.165) is 29.8 Å². The first-order valence-corrected chi connectivity index (χ1v) is 10.0. The van der Waals surface area contributed by atoms with Gasteiger partial charge in [-0.15, -0.1) is 0 Å².